The molecule has 0 saturated heterocycles. The molecule has 1 aliphatic carbocycles. The van der Waals surface area contributed by atoms with Gasteiger partial charge in [-0.3, -0.25) is 0 Å². The van der Waals surface area contributed by atoms with Crippen LogP contribution in [0, 0.1) is 11.7 Å². The third-order valence-corrected chi connectivity index (χ3v) is 2.77. The fourth-order valence-corrected chi connectivity index (χ4v) is 1.55. The Labute approximate surface area is 110 Å². The number of nitrogens with one attached hydrogen (secondary N) is 1. The average molecular weight is 265 g/mol. The molecule has 0 atom stereocenters. The first-order valence-corrected chi connectivity index (χ1v) is 6.10. The van der Waals surface area contributed by atoms with Gasteiger partial charge in [-0.2, -0.15) is 5.10 Å². The molecule has 1 fully saturated rings. The normalized spacial score (nSPS) is 14.8. The Hall–Kier alpha value is -1.95. The quantitative estimate of drug-likeness (QED) is 0.607. The number of amides is 2. The van der Waals surface area contributed by atoms with E-state index in [0.29, 0.717) is 23.7 Å². The number of halogens is 1. The molecule has 3 N–H and O–H groups in total. The molecule has 1 aromatic carbocycles. The molecule has 0 radical (unpaired) electrons. The van der Waals surface area contributed by atoms with Crippen molar-refractivity contribution >= 4 is 12.2 Å². The SMILES string of the molecule is NC(=O)NN=Cc1ccc(COCC2CC2)c(F)c1. The molecule has 0 unspecified atom stereocenters. The summed E-state index contributed by atoms with van der Waals surface area (Å²) in [5, 5.41) is 3.56. The number of benzene rings is 1. The molecular formula is C13H16FN3O2. The number of hydrogen-bond donors (Lipinski definition) is 2. The maximum absolute atomic E-state index is 13.7. The van der Waals surface area contributed by atoms with E-state index in [4.69, 9.17) is 10.5 Å². The predicted molar refractivity (Wildman–Crippen MR) is 69.1 cm³/mol. The van der Waals surface area contributed by atoms with Gasteiger partial charge < -0.3 is 10.5 Å². The highest BCUT2D eigenvalue weighted by Gasteiger charge is 2.21. The van der Waals surface area contributed by atoms with Crippen LogP contribution in [0.2, 0.25) is 0 Å². The van der Waals surface area contributed by atoms with Crippen LogP contribution in [0.1, 0.15) is 24.0 Å². The Bertz CT molecular complexity index is 487. The first-order valence-electron chi connectivity index (χ1n) is 6.10. The van der Waals surface area contributed by atoms with E-state index in [1.165, 1.54) is 25.1 Å². The molecule has 5 nitrogen and oxygen atoms in total. The number of urea groups is 1. The number of carbonyl (C=O) groups excluding carboxylic acids is 1. The molecule has 2 rings (SSSR count). The summed E-state index contributed by atoms with van der Waals surface area (Å²) in [6.07, 6.45) is 3.75. The molecule has 6 heteroatoms. The molecule has 19 heavy (non-hydrogen) atoms. The van der Waals surface area contributed by atoms with Gasteiger partial charge in [-0.15, -0.1) is 0 Å². The Morgan fingerprint density at radius 2 is 2.37 bits per heavy atom. The molecule has 1 aromatic rings. The zero-order chi connectivity index (χ0) is 13.7. The molecule has 2 amide bonds. The first-order chi connectivity index (χ1) is 9.15. The molecule has 102 valence electrons. The standard InChI is InChI=1S/C13H16FN3O2/c14-12-5-10(6-16-17-13(15)18)3-4-11(12)8-19-7-9-1-2-9/h3-6,9H,1-2,7-8H2,(H3,15,17,18). The van der Waals surface area contributed by atoms with Gasteiger partial charge in [0.15, 0.2) is 0 Å². The van der Waals surface area contributed by atoms with Crippen molar-refractivity contribution in [3.05, 3.63) is 35.1 Å². The van der Waals surface area contributed by atoms with E-state index in [-0.39, 0.29) is 12.4 Å². The first kappa shape index (κ1) is 13.5. The van der Waals surface area contributed by atoms with E-state index in [0.717, 1.165) is 0 Å². The largest absolute Gasteiger partial charge is 0.376 e. The number of hydrogen-bond acceptors (Lipinski definition) is 3. The summed E-state index contributed by atoms with van der Waals surface area (Å²) in [5.41, 5.74) is 7.94. The zero-order valence-electron chi connectivity index (χ0n) is 10.4. The van der Waals surface area contributed by atoms with E-state index in [1.54, 1.807) is 12.1 Å². The van der Waals surface area contributed by atoms with E-state index in [1.807, 2.05) is 5.43 Å². The summed E-state index contributed by atoms with van der Waals surface area (Å²) in [5.74, 6) is 0.313. The lowest BCUT2D eigenvalue weighted by Crippen LogP contribution is -2.24. The Morgan fingerprint density at radius 3 is 3.00 bits per heavy atom. The van der Waals surface area contributed by atoms with Gasteiger partial charge in [-0.25, -0.2) is 14.6 Å². The minimum Gasteiger partial charge on any atom is -0.376 e. The fraction of sp³-hybridized carbons (Fsp3) is 0.385. The highest BCUT2D eigenvalue weighted by molar-refractivity contribution is 5.81. The summed E-state index contributed by atoms with van der Waals surface area (Å²) >= 11 is 0. The summed E-state index contributed by atoms with van der Waals surface area (Å²) in [4.78, 5) is 10.4. The van der Waals surface area contributed by atoms with Crippen molar-refractivity contribution in [1.82, 2.24) is 5.43 Å². The lowest BCUT2D eigenvalue weighted by Gasteiger charge is -2.05. The van der Waals surface area contributed by atoms with Gasteiger partial charge >= 0.3 is 6.03 Å². The maximum atomic E-state index is 13.7. The van der Waals surface area contributed by atoms with Crippen LogP contribution in [0.4, 0.5) is 9.18 Å². The van der Waals surface area contributed by atoms with E-state index in [9.17, 15) is 9.18 Å². The minimum atomic E-state index is -0.762. The number of ether oxygens (including phenoxy) is 1. The minimum absolute atomic E-state index is 0.277. The number of hydrazone groups is 1. The van der Waals surface area contributed by atoms with Crippen molar-refractivity contribution in [3.8, 4) is 0 Å². The third-order valence-electron chi connectivity index (χ3n) is 2.77. The highest BCUT2D eigenvalue weighted by atomic mass is 19.1. The van der Waals surface area contributed by atoms with E-state index in [2.05, 4.69) is 5.10 Å². The molecule has 0 spiro atoms. The Kier molecular flexibility index (Phi) is 4.46. The summed E-state index contributed by atoms with van der Waals surface area (Å²) in [7, 11) is 0. The highest BCUT2D eigenvalue weighted by Crippen LogP contribution is 2.29. The molecular weight excluding hydrogens is 249 g/mol. The number of carbonyl (C=O) groups is 1. The van der Waals surface area contributed by atoms with Crippen LogP contribution in [-0.4, -0.2) is 18.9 Å². The van der Waals surface area contributed by atoms with Crippen LogP contribution >= 0.6 is 0 Å². The second kappa shape index (κ2) is 6.29. The third kappa shape index (κ3) is 4.67. The van der Waals surface area contributed by atoms with Crippen molar-refractivity contribution in [1.29, 1.82) is 0 Å². The predicted octanol–water partition coefficient (Wildman–Crippen LogP) is 1.75. The number of primary amides is 1. The number of nitrogens with two attached hydrogens (primary N) is 1. The van der Waals surface area contributed by atoms with Crippen LogP contribution in [0.25, 0.3) is 0 Å². The molecule has 0 bridgehead atoms. The van der Waals surface area contributed by atoms with Crippen molar-refractivity contribution < 1.29 is 13.9 Å². The summed E-state index contributed by atoms with van der Waals surface area (Å²) in [6, 6.07) is 3.92. The molecule has 0 aliphatic heterocycles. The van der Waals surface area contributed by atoms with Gasteiger partial charge in [-0.05, 0) is 30.4 Å². The maximum Gasteiger partial charge on any atom is 0.332 e. The van der Waals surface area contributed by atoms with Gasteiger partial charge in [-0.1, -0.05) is 12.1 Å². The fourth-order valence-electron chi connectivity index (χ4n) is 1.55. The second-order valence-corrected chi connectivity index (χ2v) is 4.54. The topological polar surface area (TPSA) is 76.7 Å². The van der Waals surface area contributed by atoms with Gasteiger partial charge in [0.2, 0.25) is 0 Å². The van der Waals surface area contributed by atoms with Gasteiger partial charge in [0.05, 0.1) is 12.8 Å². The Morgan fingerprint density at radius 1 is 1.58 bits per heavy atom. The average Bonchev–Trinajstić information content (AvgIpc) is 3.15. The summed E-state index contributed by atoms with van der Waals surface area (Å²) < 4.78 is 19.2. The van der Waals surface area contributed by atoms with Crippen LogP contribution in [0.5, 0.6) is 0 Å². The lowest BCUT2D eigenvalue weighted by molar-refractivity contribution is 0.109. The Balaban J connectivity index is 1.87. The molecule has 0 heterocycles. The van der Waals surface area contributed by atoms with Crippen molar-refractivity contribution in [2.45, 2.75) is 19.4 Å². The van der Waals surface area contributed by atoms with Gasteiger partial charge in [0.1, 0.15) is 5.82 Å². The van der Waals surface area contributed by atoms with Crippen LogP contribution in [0.15, 0.2) is 23.3 Å². The second-order valence-electron chi connectivity index (χ2n) is 4.54. The molecule has 1 aliphatic rings. The molecule has 1 saturated carbocycles. The van der Waals surface area contributed by atoms with Crippen LogP contribution < -0.4 is 11.2 Å². The van der Waals surface area contributed by atoms with Gasteiger partial charge in [0, 0.05) is 12.2 Å². The van der Waals surface area contributed by atoms with E-state index >= 15 is 0 Å². The summed E-state index contributed by atoms with van der Waals surface area (Å²) in [6.45, 7) is 0.977. The smallest absolute Gasteiger partial charge is 0.332 e. The monoisotopic (exact) mass is 265 g/mol. The zero-order valence-corrected chi connectivity index (χ0v) is 10.4. The van der Waals surface area contributed by atoms with Crippen molar-refractivity contribution in [2.24, 2.45) is 16.8 Å². The van der Waals surface area contributed by atoms with E-state index < -0.39 is 6.03 Å². The van der Waals surface area contributed by atoms with Crippen molar-refractivity contribution in [3.63, 3.8) is 0 Å². The van der Waals surface area contributed by atoms with Gasteiger partial charge in [0.25, 0.3) is 0 Å². The number of rotatable bonds is 6. The van der Waals surface area contributed by atoms with Crippen molar-refractivity contribution in [2.75, 3.05) is 6.61 Å². The lowest BCUT2D eigenvalue weighted by atomic mass is 10.1. The van der Waals surface area contributed by atoms with Crippen LogP contribution in [-0.2, 0) is 11.3 Å². The molecule has 0 aromatic heterocycles. The number of nitrogens with zero attached hydrogens (tertiary/aromatic N) is 1. The van der Waals surface area contributed by atoms with Crippen LogP contribution in [0.3, 0.4) is 0 Å².